The highest BCUT2D eigenvalue weighted by Crippen LogP contribution is 2.24. The van der Waals surface area contributed by atoms with E-state index in [0.29, 0.717) is 44.0 Å². The molecule has 5 amide bonds. The summed E-state index contributed by atoms with van der Waals surface area (Å²) in [6.45, 7) is 12.2. The summed E-state index contributed by atoms with van der Waals surface area (Å²) in [6.07, 6.45) is 6.43. The van der Waals surface area contributed by atoms with Crippen molar-refractivity contribution in [3.63, 3.8) is 0 Å². The number of benzene rings is 3. The molecule has 0 bridgehead atoms. The lowest BCUT2D eigenvalue weighted by Crippen LogP contribution is -2.58. The molecule has 7 rings (SSSR count). The number of nitrogens with one attached hydrogen (secondary N) is 6. The van der Waals surface area contributed by atoms with Gasteiger partial charge in [0.2, 0.25) is 17.7 Å². The number of carbonyl (C=O) groups excluding carboxylic acids is 7. The lowest BCUT2D eigenvalue weighted by atomic mass is 9.87. The number of carbonyl (C=O) groups is 7. The van der Waals surface area contributed by atoms with Crippen molar-refractivity contribution >= 4 is 52.7 Å². The van der Waals surface area contributed by atoms with Crippen LogP contribution in [0.25, 0.3) is 10.9 Å². The van der Waals surface area contributed by atoms with Gasteiger partial charge in [-0.25, -0.2) is 19.4 Å². The van der Waals surface area contributed by atoms with Gasteiger partial charge in [-0.2, -0.15) is 0 Å². The van der Waals surface area contributed by atoms with Crippen LogP contribution in [0.15, 0.2) is 104 Å². The fourth-order valence-electron chi connectivity index (χ4n) is 10.1. The molecule has 5 aromatic rings. The molecule has 8 N–H and O–H groups in total. The maximum Gasteiger partial charge on any atom is 0.408 e. The third kappa shape index (κ3) is 17.0. The van der Waals surface area contributed by atoms with E-state index in [9.17, 15) is 33.6 Å². The van der Waals surface area contributed by atoms with Crippen molar-refractivity contribution in [1.82, 2.24) is 46.0 Å². The Bertz CT molecular complexity index is 2850. The first-order valence-electron chi connectivity index (χ1n) is 27.5. The van der Waals surface area contributed by atoms with Crippen LogP contribution in [0.1, 0.15) is 114 Å². The second-order valence-electron chi connectivity index (χ2n) is 22.0. The Hall–Kier alpha value is -7.58. The first kappa shape index (κ1) is 59.1. The fraction of sp³-hybridized carbons (Fsp3) is 0.492. The van der Waals surface area contributed by atoms with Crippen LogP contribution < -0.4 is 32.3 Å². The molecule has 0 spiro atoms. The third-order valence-electron chi connectivity index (χ3n) is 14.7. The van der Waals surface area contributed by atoms with Gasteiger partial charge in [0, 0.05) is 54.8 Å². The number of hydrogen-bond donors (Lipinski definition) is 7. The summed E-state index contributed by atoms with van der Waals surface area (Å²) >= 11 is 0. The largest absolute Gasteiger partial charge is 0.459 e. The normalized spacial score (nSPS) is 18.7. The van der Waals surface area contributed by atoms with Crippen LogP contribution in [0, 0.1) is 11.8 Å². The fourth-order valence-corrected chi connectivity index (χ4v) is 10.1. The summed E-state index contributed by atoms with van der Waals surface area (Å²) in [5.74, 6) is -2.98. The summed E-state index contributed by atoms with van der Waals surface area (Å²) in [5, 5.41) is 16.0. The van der Waals surface area contributed by atoms with Gasteiger partial charge in [0.1, 0.15) is 49.3 Å². The summed E-state index contributed by atoms with van der Waals surface area (Å²) in [6, 6.07) is 19.7. The van der Waals surface area contributed by atoms with Crippen LogP contribution in [0.2, 0.25) is 0 Å². The lowest BCUT2D eigenvalue weighted by molar-refractivity contribution is -0.154. The molecule has 3 aromatic carbocycles. The summed E-state index contributed by atoms with van der Waals surface area (Å²) in [5.41, 5.74) is 9.20. The predicted octanol–water partition coefficient (Wildman–Crippen LogP) is 6.22. The van der Waals surface area contributed by atoms with Crippen LogP contribution in [-0.4, -0.2) is 122 Å². The number of hydrogen-bond acceptors (Lipinski definition) is 13. The van der Waals surface area contributed by atoms with Crippen molar-refractivity contribution < 1.29 is 47.8 Å². The first-order valence-corrected chi connectivity index (χ1v) is 27.5. The van der Waals surface area contributed by atoms with Crippen molar-refractivity contribution in [3.05, 3.63) is 126 Å². The number of piperidine rings is 1. The van der Waals surface area contributed by atoms with Crippen LogP contribution in [-0.2, 0) is 59.4 Å². The number of aromatic amines is 1. The number of nitrogens with two attached hydrogens (primary N) is 1. The molecule has 2 fully saturated rings. The van der Waals surface area contributed by atoms with Gasteiger partial charge in [0.05, 0.1) is 11.7 Å². The minimum absolute atomic E-state index is 0.0268. The Morgan fingerprint density at radius 1 is 0.785 bits per heavy atom. The van der Waals surface area contributed by atoms with E-state index in [4.69, 9.17) is 19.9 Å². The molecule has 20 heteroatoms. The van der Waals surface area contributed by atoms with E-state index < -0.39 is 89.6 Å². The Kier molecular flexibility index (Phi) is 20.8. The summed E-state index contributed by atoms with van der Waals surface area (Å²) in [7, 11) is 0. The van der Waals surface area contributed by atoms with E-state index in [2.05, 4.69) is 43.5 Å². The quantitative estimate of drug-likeness (QED) is 0.0283. The van der Waals surface area contributed by atoms with Crippen molar-refractivity contribution in [2.75, 3.05) is 13.1 Å². The first-order chi connectivity index (χ1) is 37.8. The highest BCUT2D eigenvalue weighted by atomic mass is 16.6. The third-order valence-corrected chi connectivity index (χ3v) is 14.7. The number of likely N-dealkylation sites (tertiary alicyclic amines) is 1. The van der Waals surface area contributed by atoms with E-state index in [1.165, 1.54) is 22.0 Å². The van der Waals surface area contributed by atoms with Gasteiger partial charge in [0.15, 0.2) is 0 Å². The Morgan fingerprint density at radius 3 is 2.15 bits per heavy atom. The summed E-state index contributed by atoms with van der Waals surface area (Å²) in [4.78, 5) is 107. The molecule has 79 heavy (non-hydrogen) atoms. The molecule has 20 nitrogen and oxygen atoms in total. The molecule has 2 aromatic heterocycles. The van der Waals surface area contributed by atoms with Gasteiger partial charge >= 0.3 is 18.2 Å². The molecule has 0 saturated carbocycles. The number of esters is 1. The molecule has 3 unspecified atom stereocenters. The Balaban J connectivity index is 1.11. The average Bonchev–Trinajstić information content (AvgIpc) is 4.24. The minimum atomic E-state index is -1.24. The summed E-state index contributed by atoms with van der Waals surface area (Å²) < 4.78 is 18.0. The number of aromatic nitrogens is 3. The number of rotatable bonds is 23. The Labute approximate surface area is 462 Å². The van der Waals surface area contributed by atoms with Crippen LogP contribution in [0.5, 0.6) is 0 Å². The number of fused-ring (bicyclic) bond motifs is 1. The molecule has 2 aliphatic heterocycles. The van der Waals surface area contributed by atoms with Gasteiger partial charge in [-0.1, -0.05) is 106 Å². The van der Waals surface area contributed by atoms with Gasteiger partial charge in [-0.15, -0.1) is 0 Å². The monoisotopic (exact) mass is 1090 g/mol. The van der Waals surface area contributed by atoms with Crippen LogP contribution in [0.3, 0.4) is 0 Å². The zero-order chi connectivity index (χ0) is 56.6. The lowest BCUT2D eigenvalue weighted by Gasteiger charge is -2.36. The maximum absolute atomic E-state index is 14.9. The highest BCUT2D eigenvalue weighted by molar-refractivity contribution is 5.95. The van der Waals surface area contributed by atoms with Gasteiger partial charge < -0.3 is 56.4 Å². The maximum atomic E-state index is 14.9. The van der Waals surface area contributed by atoms with Crippen molar-refractivity contribution in [3.8, 4) is 0 Å². The van der Waals surface area contributed by atoms with E-state index in [1.54, 1.807) is 33.9 Å². The smallest absolute Gasteiger partial charge is 0.408 e. The number of ether oxygens (including phenoxy) is 3. The number of alkyl carbamates (subject to hydrolysis) is 2. The molecule has 4 heterocycles. The molecule has 2 aliphatic rings. The molecule has 2 saturated heterocycles. The van der Waals surface area contributed by atoms with Crippen molar-refractivity contribution in [1.29, 1.82) is 0 Å². The second kappa shape index (κ2) is 27.8. The van der Waals surface area contributed by atoms with Gasteiger partial charge in [0.25, 0.3) is 5.91 Å². The zero-order valence-electron chi connectivity index (χ0n) is 46.2. The number of amides is 5. The average molecular weight is 1090 g/mol. The number of nitrogens with zero attached hydrogens (tertiary/aromatic N) is 3. The molecular formula is C59H78N10O10. The minimum Gasteiger partial charge on any atom is -0.459 e. The predicted molar refractivity (Wildman–Crippen MR) is 297 cm³/mol. The second-order valence-corrected chi connectivity index (χ2v) is 22.0. The molecule has 9 atom stereocenters. The molecule has 424 valence electrons. The standard InChI is InChI=1S/C59H78N10O10/c1-7-38(3)51(67-52(70)49(30-41-32-62-45-22-15-14-21-43(41)45)66-57(75)78-35-40-19-12-9-13-20-40)53(71)64-47(25-24-46(48-29-37(2)26-27-61-48)65-58(76)79-59(4,5)6)55(73)68-33-42(63-36-68)31-44(60)54(72)69-28-16-23-50(69)56(74)77-34-39-17-10-8-11-18-39/h8-15,17-22,32-33,36-38,44,46-51,61-62H,7,16,23-31,34-35,60H2,1-6H3,(H,64,71)(H,65,76)(H,66,75)(H,67,70)/t37?,38-,44+,46?,47-,48?,49+,50-,51-/m0/s1. The number of imidazole rings is 1. The SMILES string of the molecule is CC[C@H](C)[C@H](NC(=O)[C@@H](Cc1c[nH]c2ccccc12)NC(=O)OCc1ccccc1)C(=O)N[C@@H](CCC(NC(=O)OC(C)(C)C)C1CC(C)CCN1)C(=O)n1cnc(C[C@@H](N)C(=O)N2CCC[C@H]2C(=O)OCc2ccccc2)c1. The van der Waals surface area contributed by atoms with Crippen LogP contribution >= 0.6 is 0 Å². The van der Waals surface area contributed by atoms with E-state index in [1.807, 2.05) is 91.9 Å². The topological polar surface area (TPSA) is 270 Å². The molecular weight excluding hydrogens is 1010 g/mol. The van der Waals surface area contributed by atoms with Crippen molar-refractivity contribution in [2.24, 2.45) is 17.6 Å². The van der Waals surface area contributed by atoms with E-state index >= 15 is 0 Å². The van der Waals surface area contributed by atoms with E-state index in [-0.39, 0.29) is 44.9 Å². The molecule has 0 aliphatic carbocycles. The van der Waals surface area contributed by atoms with Crippen LogP contribution in [0.4, 0.5) is 9.59 Å². The number of H-pyrrole nitrogens is 1. The van der Waals surface area contributed by atoms with Gasteiger partial charge in [-0.05, 0) is 100 Å². The highest BCUT2D eigenvalue weighted by Gasteiger charge is 2.39. The Morgan fingerprint density at radius 2 is 1.47 bits per heavy atom. The zero-order valence-corrected chi connectivity index (χ0v) is 46.2. The van der Waals surface area contributed by atoms with E-state index in [0.717, 1.165) is 40.4 Å². The number of para-hydroxylation sites is 1. The van der Waals surface area contributed by atoms with Gasteiger partial charge in [-0.3, -0.25) is 23.7 Å². The molecule has 0 radical (unpaired) electrons. The van der Waals surface area contributed by atoms with Crippen molar-refractivity contribution in [2.45, 2.75) is 160 Å².